The smallest absolute Gasteiger partial charge is 0.336 e. The van der Waals surface area contributed by atoms with Gasteiger partial charge in [0.15, 0.2) is 11.5 Å². The summed E-state index contributed by atoms with van der Waals surface area (Å²) in [6.07, 6.45) is 3.79. The predicted octanol–water partition coefficient (Wildman–Crippen LogP) is 3.68. The topological polar surface area (TPSA) is 59.7 Å². The number of fused-ring (bicyclic) bond motifs is 1. The SMILES string of the molecule is COc1cc(/C=C/c2ccc3ccc(=O)oc3c2)ccc1O. The van der Waals surface area contributed by atoms with Crippen molar-refractivity contribution in [3.63, 3.8) is 0 Å². The number of methoxy groups -OCH3 is 1. The van der Waals surface area contributed by atoms with Crippen LogP contribution < -0.4 is 10.4 Å². The summed E-state index contributed by atoms with van der Waals surface area (Å²) >= 11 is 0. The fourth-order valence-electron chi connectivity index (χ4n) is 2.17. The summed E-state index contributed by atoms with van der Waals surface area (Å²) in [5.41, 5.74) is 1.99. The maximum absolute atomic E-state index is 11.3. The van der Waals surface area contributed by atoms with Gasteiger partial charge in [0.05, 0.1) is 7.11 Å². The lowest BCUT2D eigenvalue weighted by molar-refractivity contribution is 0.373. The van der Waals surface area contributed by atoms with E-state index in [0.717, 1.165) is 16.5 Å². The van der Waals surface area contributed by atoms with Gasteiger partial charge in [0, 0.05) is 11.5 Å². The molecule has 0 aliphatic rings. The van der Waals surface area contributed by atoms with Gasteiger partial charge < -0.3 is 14.3 Å². The zero-order chi connectivity index (χ0) is 15.5. The van der Waals surface area contributed by atoms with Crippen molar-refractivity contribution in [1.29, 1.82) is 0 Å². The summed E-state index contributed by atoms with van der Waals surface area (Å²) in [6.45, 7) is 0. The van der Waals surface area contributed by atoms with Gasteiger partial charge in [-0.05, 0) is 35.4 Å². The Morgan fingerprint density at radius 2 is 1.68 bits per heavy atom. The van der Waals surface area contributed by atoms with Crippen molar-refractivity contribution in [3.05, 3.63) is 70.1 Å². The number of benzene rings is 2. The normalized spacial score (nSPS) is 11.1. The first-order valence-electron chi connectivity index (χ1n) is 6.75. The second-order valence-corrected chi connectivity index (χ2v) is 4.82. The van der Waals surface area contributed by atoms with E-state index in [-0.39, 0.29) is 11.4 Å². The molecule has 0 aliphatic carbocycles. The molecule has 0 atom stereocenters. The van der Waals surface area contributed by atoms with Crippen molar-refractivity contribution < 1.29 is 14.3 Å². The number of phenols is 1. The lowest BCUT2D eigenvalue weighted by Crippen LogP contribution is -1.94. The minimum atomic E-state index is -0.364. The van der Waals surface area contributed by atoms with Crippen LogP contribution in [0.3, 0.4) is 0 Å². The van der Waals surface area contributed by atoms with Gasteiger partial charge in [0.1, 0.15) is 5.58 Å². The number of ether oxygens (including phenoxy) is 1. The van der Waals surface area contributed by atoms with Crippen molar-refractivity contribution in [3.8, 4) is 11.5 Å². The summed E-state index contributed by atoms with van der Waals surface area (Å²) in [5, 5.41) is 10.5. The monoisotopic (exact) mass is 294 g/mol. The zero-order valence-corrected chi connectivity index (χ0v) is 11.9. The molecule has 0 spiro atoms. The molecule has 1 N–H and O–H groups in total. The van der Waals surface area contributed by atoms with Crippen LogP contribution >= 0.6 is 0 Å². The summed E-state index contributed by atoms with van der Waals surface area (Å²) in [6, 6.07) is 13.9. The van der Waals surface area contributed by atoms with Crippen LogP contribution in [0.25, 0.3) is 23.1 Å². The average molecular weight is 294 g/mol. The predicted molar refractivity (Wildman–Crippen MR) is 86.1 cm³/mol. The van der Waals surface area contributed by atoms with E-state index in [1.807, 2.05) is 30.4 Å². The Bertz CT molecular complexity index is 906. The van der Waals surface area contributed by atoms with Crippen molar-refractivity contribution >= 4 is 23.1 Å². The van der Waals surface area contributed by atoms with Crippen LogP contribution in [0.15, 0.2) is 57.7 Å². The Labute approximate surface area is 126 Å². The van der Waals surface area contributed by atoms with E-state index in [9.17, 15) is 9.90 Å². The molecule has 3 aromatic rings. The Kier molecular flexibility index (Phi) is 3.66. The van der Waals surface area contributed by atoms with Gasteiger partial charge in [-0.3, -0.25) is 0 Å². The Morgan fingerprint density at radius 1 is 1.00 bits per heavy atom. The molecule has 22 heavy (non-hydrogen) atoms. The Hall–Kier alpha value is -3.01. The molecule has 0 saturated carbocycles. The zero-order valence-electron chi connectivity index (χ0n) is 11.9. The molecule has 3 rings (SSSR count). The van der Waals surface area contributed by atoms with Crippen LogP contribution in [0.2, 0.25) is 0 Å². The van der Waals surface area contributed by atoms with Gasteiger partial charge >= 0.3 is 5.63 Å². The molecule has 0 unspecified atom stereocenters. The van der Waals surface area contributed by atoms with E-state index in [1.54, 1.807) is 24.3 Å². The van der Waals surface area contributed by atoms with Crippen molar-refractivity contribution in [2.24, 2.45) is 0 Å². The molecule has 0 fully saturated rings. The molecule has 1 aromatic heterocycles. The highest BCUT2D eigenvalue weighted by Gasteiger charge is 2.01. The molecule has 4 heteroatoms. The average Bonchev–Trinajstić information content (AvgIpc) is 2.53. The van der Waals surface area contributed by atoms with Crippen LogP contribution in [0, 0.1) is 0 Å². The van der Waals surface area contributed by atoms with E-state index < -0.39 is 0 Å². The number of aromatic hydroxyl groups is 1. The molecule has 0 radical (unpaired) electrons. The van der Waals surface area contributed by atoms with E-state index in [4.69, 9.17) is 9.15 Å². The fraction of sp³-hybridized carbons (Fsp3) is 0.0556. The van der Waals surface area contributed by atoms with Gasteiger partial charge in [0.25, 0.3) is 0 Å². The van der Waals surface area contributed by atoms with Gasteiger partial charge in [-0.1, -0.05) is 30.4 Å². The summed E-state index contributed by atoms with van der Waals surface area (Å²) in [7, 11) is 1.51. The molecular formula is C18H14O4. The highest BCUT2D eigenvalue weighted by atomic mass is 16.5. The van der Waals surface area contributed by atoms with Gasteiger partial charge in [-0.25, -0.2) is 4.79 Å². The molecule has 2 aromatic carbocycles. The number of hydrogen-bond acceptors (Lipinski definition) is 4. The van der Waals surface area contributed by atoms with Gasteiger partial charge in [-0.2, -0.15) is 0 Å². The van der Waals surface area contributed by atoms with E-state index in [2.05, 4.69) is 0 Å². The molecule has 4 nitrogen and oxygen atoms in total. The summed E-state index contributed by atoms with van der Waals surface area (Å²) in [4.78, 5) is 11.3. The van der Waals surface area contributed by atoms with Gasteiger partial charge in [0.2, 0.25) is 0 Å². The first-order chi connectivity index (χ1) is 10.7. The Morgan fingerprint density at radius 3 is 2.45 bits per heavy atom. The highest BCUT2D eigenvalue weighted by Crippen LogP contribution is 2.27. The lowest BCUT2D eigenvalue weighted by Gasteiger charge is -2.03. The van der Waals surface area contributed by atoms with Crippen LogP contribution in [-0.4, -0.2) is 12.2 Å². The third kappa shape index (κ3) is 2.86. The standard InChI is InChI=1S/C18H14O4/c1-21-17-11-13(5-8-15(17)19)3-2-12-4-6-14-7-9-18(20)22-16(14)10-12/h2-11,19H,1H3/b3-2+. The van der Waals surface area contributed by atoms with E-state index in [1.165, 1.54) is 13.2 Å². The highest BCUT2D eigenvalue weighted by molar-refractivity contribution is 5.81. The maximum atomic E-state index is 11.3. The minimum Gasteiger partial charge on any atom is -0.504 e. The third-order valence-electron chi connectivity index (χ3n) is 3.32. The summed E-state index contributed by atoms with van der Waals surface area (Å²) in [5.74, 6) is 0.527. The van der Waals surface area contributed by atoms with Crippen molar-refractivity contribution in [1.82, 2.24) is 0 Å². The maximum Gasteiger partial charge on any atom is 0.336 e. The first kappa shape index (κ1) is 13.9. The van der Waals surface area contributed by atoms with E-state index >= 15 is 0 Å². The van der Waals surface area contributed by atoms with Crippen LogP contribution in [-0.2, 0) is 0 Å². The lowest BCUT2D eigenvalue weighted by atomic mass is 10.1. The van der Waals surface area contributed by atoms with Crippen molar-refractivity contribution in [2.45, 2.75) is 0 Å². The number of hydrogen-bond donors (Lipinski definition) is 1. The third-order valence-corrected chi connectivity index (χ3v) is 3.32. The fourth-order valence-corrected chi connectivity index (χ4v) is 2.17. The van der Waals surface area contributed by atoms with Crippen molar-refractivity contribution in [2.75, 3.05) is 7.11 Å². The molecule has 0 amide bonds. The first-order valence-corrected chi connectivity index (χ1v) is 6.75. The summed E-state index contributed by atoms with van der Waals surface area (Å²) < 4.78 is 10.2. The molecule has 1 heterocycles. The van der Waals surface area contributed by atoms with Crippen LogP contribution in [0.4, 0.5) is 0 Å². The van der Waals surface area contributed by atoms with Gasteiger partial charge in [-0.15, -0.1) is 0 Å². The number of rotatable bonds is 3. The number of phenolic OH excluding ortho intramolecular Hbond substituents is 1. The van der Waals surface area contributed by atoms with Crippen LogP contribution in [0.1, 0.15) is 11.1 Å². The quantitative estimate of drug-likeness (QED) is 0.591. The second-order valence-electron chi connectivity index (χ2n) is 4.82. The van der Waals surface area contributed by atoms with E-state index in [0.29, 0.717) is 11.3 Å². The Balaban J connectivity index is 1.93. The molecule has 0 aliphatic heterocycles. The second kappa shape index (κ2) is 5.77. The minimum absolute atomic E-state index is 0.104. The molecule has 0 bridgehead atoms. The molecule has 0 saturated heterocycles. The molecular weight excluding hydrogens is 280 g/mol. The van der Waals surface area contributed by atoms with Crippen LogP contribution in [0.5, 0.6) is 11.5 Å². The largest absolute Gasteiger partial charge is 0.504 e. The molecule has 110 valence electrons.